The molecule has 3 nitrogen and oxygen atoms in total. The minimum atomic E-state index is 0.288. The van der Waals surface area contributed by atoms with Crippen molar-refractivity contribution in [2.24, 2.45) is 0 Å². The van der Waals surface area contributed by atoms with Crippen LogP contribution in [0.2, 0.25) is 0 Å². The highest BCUT2D eigenvalue weighted by molar-refractivity contribution is 5.48. The van der Waals surface area contributed by atoms with Crippen molar-refractivity contribution in [3.63, 3.8) is 0 Å². The number of hydrogen-bond acceptors (Lipinski definition) is 3. The van der Waals surface area contributed by atoms with E-state index in [9.17, 15) is 0 Å². The highest BCUT2D eigenvalue weighted by Crippen LogP contribution is 2.35. The zero-order valence-corrected chi connectivity index (χ0v) is 12.5. The van der Waals surface area contributed by atoms with Crippen LogP contribution in [0, 0.1) is 0 Å². The molecule has 0 spiro atoms. The molecule has 0 radical (unpaired) electrons. The SMILES string of the molecule is CCOc1cc2c(cc1CCC(C)NC)OC(C)C2. The Bertz CT molecular complexity index is 431. The number of fused-ring (bicyclic) bond motifs is 1. The molecule has 0 saturated carbocycles. The maximum Gasteiger partial charge on any atom is 0.123 e. The van der Waals surface area contributed by atoms with Crippen LogP contribution in [-0.4, -0.2) is 25.8 Å². The van der Waals surface area contributed by atoms with Crippen molar-refractivity contribution >= 4 is 0 Å². The zero-order valence-electron chi connectivity index (χ0n) is 12.5. The van der Waals surface area contributed by atoms with E-state index < -0.39 is 0 Å². The Morgan fingerprint density at radius 1 is 1.47 bits per heavy atom. The van der Waals surface area contributed by atoms with Crippen molar-refractivity contribution in [2.45, 2.75) is 52.2 Å². The van der Waals surface area contributed by atoms with Crippen molar-refractivity contribution in [3.05, 3.63) is 23.3 Å². The third kappa shape index (κ3) is 3.41. The molecule has 1 aromatic carbocycles. The second-order valence-corrected chi connectivity index (χ2v) is 5.36. The second-order valence-electron chi connectivity index (χ2n) is 5.36. The van der Waals surface area contributed by atoms with Crippen LogP contribution in [0.4, 0.5) is 0 Å². The highest BCUT2D eigenvalue weighted by atomic mass is 16.5. The summed E-state index contributed by atoms with van der Waals surface area (Å²) in [4.78, 5) is 0. The van der Waals surface area contributed by atoms with Gasteiger partial charge in [-0.15, -0.1) is 0 Å². The first-order chi connectivity index (χ1) is 9.13. The third-order valence-electron chi connectivity index (χ3n) is 3.72. The predicted octanol–water partition coefficient (Wildman–Crippen LogP) is 2.95. The van der Waals surface area contributed by atoms with Gasteiger partial charge < -0.3 is 14.8 Å². The standard InChI is InChI=1S/C16H25NO2/c1-5-18-15-10-14-8-12(3)19-16(14)9-13(15)7-6-11(2)17-4/h9-12,17H,5-8H2,1-4H3. The molecule has 0 saturated heterocycles. The lowest BCUT2D eigenvalue weighted by Gasteiger charge is -2.15. The molecule has 2 rings (SSSR count). The van der Waals surface area contributed by atoms with Gasteiger partial charge in [0.2, 0.25) is 0 Å². The maximum absolute atomic E-state index is 5.84. The van der Waals surface area contributed by atoms with E-state index in [-0.39, 0.29) is 6.10 Å². The first-order valence-corrected chi connectivity index (χ1v) is 7.26. The van der Waals surface area contributed by atoms with Gasteiger partial charge in [0.15, 0.2) is 0 Å². The number of aryl methyl sites for hydroxylation is 1. The first kappa shape index (κ1) is 14.2. The quantitative estimate of drug-likeness (QED) is 0.856. The number of nitrogens with one attached hydrogen (secondary N) is 1. The van der Waals surface area contributed by atoms with Gasteiger partial charge in [-0.1, -0.05) is 0 Å². The Morgan fingerprint density at radius 3 is 2.95 bits per heavy atom. The van der Waals surface area contributed by atoms with Crippen molar-refractivity contribution in [3.8, 4) is 11.5 Å². The highest BCUT2D eigenvalue weighted by Gasteiger charge is 2.21. The summed E-state index contributed by atoms with van der Waals surface area (Å²) in [7, 11) is 2.00. The van der Waals surface area contributed by atoms with Gasteiger partial charge in [-0.25, -0.2) is 0 Å². The molecule has 1 aromatic rings. The van der Waals surface area contributed by atoms with Crippen LogP contribution in [0.5, 0.6) is 11.5 Å². The van der Waals surface area contributed by atoms with Gasteiger partial charge in [-0.3, -0.25) is 0 Å². The molecule has 2 unspecified atom stereocenters. The summed E-state index contributed by atoms with van der Waals surface area (Å²) >= 11 is 0. The van der Waals surface area contributed by atoms with Crippen molar-refractivity contribution in [1.82, 2.24) is 5.32 Å². The average molecular weight is 263 g/mol. The molecular formula is C16H25NO2. The predicted molar refractivity (Wildman–Crippen MR) is 78.2 cm³/mol. The van der Waals surface area contributed by atoms with E-state index in [1.807, 2.05) is 14.0 Å². The van der Waals surface area contributed by atoms with Crippen molar-refractivity contribution < 1.29 is 9.47 Å². The van der Waals surface area contributed by atoms with E-state index in [1.165, 1.54) is 11.1 Å². The van der Waals surface area contributed by atoms with E-state index in [4.69, 9.17) is 9.47 Å². The fourth-order valence-electron chi connectivity index (χ4n) is 2.48. The van der Waals surface area contributed by atoms with Crippen LogP contribution >= 0.6 is 0 Å². The Balaban J connectivity index is 2.18. The van der Waals surface area contributed by atoms with E-state index >= 15 is 0 Å². The fraction of sp³-hybridized carbons (Fsp3) is 0.625. The molecule has 0 amide bonds. The van der Waals surface area contributed by atoms with Gasteiger partial charge in [0.05, 0.1) is 6.61 Å². The summed E-state index contributed by atoms with van der Waals surface area (Å²) in [5, 5.41) is 3.27. The van der Waals surface area contributed by atoms with Gasteiger partial charge in [-0.2, -0.15) is 0 Å². The summed E-state index contributed by atoms with van der Waals surface area (Å²) in [6.45, 7) is 7.06. The Morgan fingerprint density at radius 2 is 2.26 bits per heavy atom. The van der Waals surface area contributed by atoms with E-state index in [1.54, 1.807) is 0 Å². The molecule has 0 fully saturated rings. The topological polar surface area (TPSA) is 30.5 Å². The van der Waals surface area contributed by atoms with E-state index in [0.29, 0.717) is 12.6 Å². The molecule has 2 atom stereocenters. The minimum absolute atomic E-state index is 0.288. The summed E-state index contributed by atoms with van der Waals surface area (Å²) < 4.78 is 11.6. The van der Waals surface area contributed by atoms with Crippen molar-refractivity contribution in [2.75, 3.05) is 13.7 Å². The van der Waals surface area contributed by atoms with Gasteiger partial charge in [0.25, 0.3) is 0 Å². The molecule has 3 heteroatoms. The minimum Gasteiger partial charge on any atom is -0.494 e. The molecule has 0 aliphatic carbocycles. The second kappa shape index (κ2) is 6.29. The van der Waals surface area contributed by atoms with Crippen LogP contribution in [0.15, 0.2) is 12.1 Å². The number of hydrogen-bond donors (Lipinski definition) is 1. The van der Waals surface area contributed by atoms with Crippen LogP contribution < -0.4 is 14.8 Å². The Kier molecular flexibility index (Phi) is 4.70. The molecule has 19 heavy (non-hydrogen) atoms. The van der Waals surface area contributed by atoms with Gasteiger partial charge >= 0.3 is 0 Å². The van der Waals surface area contributed by atoms with Crippen LogP contribution in [0.3, 0.4) is 0 Å². The summed E-state index contributed by atoms with van der Waals surface area (Å²) in [5.41, 5.74) is 2.54. The molecule has 1 heterocycles. The lowest BCUT2D eigenvalue weighted by Crippen LogP contribution is -2.21. The lowest BCUT2D eigenvalue weighted by atomic mass is 10.0. The molecule has 0 aromatic heterocycles. The number of ether oxygens (including phenoxy) is 2. The monoisotopic (exact) mass is 263 g/mol. The zero-order chi connectivity index (χ0) is 13.8. The first-order valence-electron chi connectivity index (χ1n) is 7.26. The summed E-state index contributed by atoms with van der Waals surface area (Å²) in [5.74, 6) is 2.07. The van der Waals surface area contributed by atoms with E-state index in [2.05, 4.69) is 31.3 Å². The molecule has 0 bridgehead atoms. The summed E-state index contributed by atoms with van der Waals surface area (Å²) in [6.07, 6.45) is 3.39. The van der Waals surface area contributed by atoms with Crippen molar-refractivity contribution in [1.29, 1.82) is 0 Å². The van der Waals surface area contributed by atoms with Gasteiger partial charge in [-0.05, 0) is 58.4 Å². The summed E-state index contributed by atoms with van der Waals surface area (Å²) in [6, 6.07) is 4.86. The molecule has 1 N–H and O–H groups in total. The number of benzene rings is 1. The normalized spacial score (nSPS) is 18.8. The lowest BCUT2D eigenvalue weighted by molar-refractivity contribution is 0.254. The Hall–Kier alpha value is -1.22. The van der Waals surface area contributed by atoms with Gasteiger partial charge in [0, 0.05) is 18.0 Å². The average Bonchev–Trinajstić information content (AvgIpc) is 2.75. The number of rotatable bonds is 6. The molecular weight excluding hydrogens is 238 g/mol. The fourth-order valence-corrected chi connectivity index (χ4v) is 2.48. The molecule has 106 valence electrons. The van der Waals surface area contributed by atoms with Crippen LogP contribution in [0.25, 0.3) is 0 Å². The van der Waals surface area contributed by atoms with E-state index in [0.717, 1.165) is 30.8 Å². The molecule has 1 aliphatic rings. The maximum atomic E-state index is 5.84. The Labute approximate surface area is 116 Å². The van der Waals surface area contributed by atoms with Gasteiger partial charge in [0.1, 0.15) is 17.6 Å². The van der Waals surface area contributed by atoms with Crippen LogP contribution in [-0.2, 0) is 12.8 Å². The van der Waals surface area contributed by atoms with Crippen LogP contribution in [0.1, 0.15) is 38.3 Å². The smallest absolute Gasteiger partial charge is 0.123 e. The third-order valence-corrected chi connectivity index (χ3v) is 3.72. The largest absolute Gasteiger partial charge is 0.494 e. The molecule has 1 aliphatic heterocycles.